The van der Waals surface area contributed by atoms with Crippen molar-refractivity contribution in [2.75, 3.05) is 21.1 Å². The lowest BCUT2D eigenvalue weighted by Gasteiger charge is -2.50. The van der Waals surface area contributed by atoms with Gasteiger partial charge in [-0.05, 0) is 51.9 Å². The highest BCUT2D eigenvalue weighted by molar-refractivity contribution is 5.12. The summed E-state index contributed by atoms with van der Waals surface area (Å²) in [6.07, 6.45) is 10.5. The lowest BCUT2D eigenvalue weighted by molar-refractivity contribution is 0.0399. The van der Waals surface area contributed by atoms with Gasteiger partial charge in [0.2, 0.25) is 0 Å². The van der Waals surface area contributed by atoms with E-state index in [4.69, 9.17) is 0 Å². The first kappa shape index (κ1) is 15.5. The zero-order chi connectivity index (χ0) is 14.8. The van der Waals surface area contributed by atoms with Crippen LogP contribution in [0.1, 0.15) is 38.2 Å². The molecule has 1 N–H and O–H groups in total. The predicted octanol–water partition coefficient (Wildman–Crippen LogP) is 2.06. The second kappa shape index (κ2) is 6.27. The first-order chi connectivity index (χ1) is 9.48. The van der Waals surface area contributed by atoms with Crippen LogP contribution in [-0.2, 0) is 13.5 Å². The molecule has 1 fully saturated rings. The van der Waals surface area contributed by atoms with Crippen LogP contribution in [0.4, 0.5) is 0 Å². The Balaban J connectivity index is 2.20. The van der Waals surface area contributed by atoms with Gasteiger partial charge in [-0.25, -0.2) is 0 Å². The number of hydrogen-bond acceptors (Lipinski definition) is 3. The maximum Gasteiger partial charge on any atom is 0.0522 e. The van der Waals surface area contributed by atoms with Crippen molar-refractivity contribution in [1.82, 2.24) is 20.0 Å². The molecule has 1 aliphatic rings. The molecule has 0 aliphatic heterocycles. The van der Waals surface area contributed by atoms with Crippen molar-refractivity contribution in [2.24, 2.45) is 13.0 Å². The van der Waals surface area contributed by atoms with E-state index < -0.39 is 0 Å². The third-order valence-electron chi connectivity index (χ3n) is 5.09. The minimum atomic E-state index is 0.266. The Morgan fingerprint density at radius 1 is 1.55 bits per heavy atom. The fourth-order valence-electron chi connectivity index (χ4n) is 3.97. The Morgan fingerprint density at radius 2 is 2.30 bits per heavy atom. The van der Waals surface area contributed by atoms with Gasteiger partial charge in [0.25, 0.3) is 0 Å². The molecule has 20 heavy (non-hydrogen) atoms. The topological polar surface area (TPSA) is 33.1 Å². The molecular formula is C16H30N4. The summed E-state index contributed by atoms with van der Waals surface area (Å²) < 4.78 is 1.90. The van der Waals surface area contributed by atoms with Gasteiger partial charge >= 0.3 is 0 Å². The van der Waals surface area contributed by atoms with Crippen LogP contribution in [0.3, 0.4) is 0 Å². The molecule has 1 aromatic rings. The van der Waals surface area contributed by atoms with Crippen molar-refractivity contribution in [3.63, 3.8) is 0 Å². The summed E-state index contributed by atoms with van der Waals surface area (Å²) >= 11 is 0. The minimum Gasteiger partial charge on any atom is -0.315 e. The molecular weight excluding hydrogens is 248 g/mol. The van der Waals surface area contributed by atoms with E-state index in [0.29, 0.717) is 6.04 Å². The Kier molecular flexibility index (Phi) is 4.86. The van der Waals surface area contributed by atoms with Gasteiger partial charge in [-0.3, -0.25) is 4.68 Å². The van der Waals surface area contributed by atoms with Crippen molar-refractivity contribution in [3.05, 3.63) is 18.0 Å². The smallest absolute Gasteiger partial charge is 0.0522 e. The summed E-state index contributed by atoms with van der Waals surface area (Å²) in [4.78, 5) is 2.46. The van der Waals surface area contributed by atoms with E-state index in [-0.39, 0.29) is 5.54 Å². The second-order valence-electron chi connectivity index (χ2n) is 6.77. The van der Waals surface area contributed by atoms with E-state index in [1.807, 2.05) is 17.9 Å². The van der Waals surface area contributed by atoms with Gasteiger partial charge in [0.1, 0.15) is 0 Å². The van der Waals surface area contributed by atoms with Crippen LogP contribution >= 0.6 is 0 Å². The number of aromatic nitrogens is 2. The van der Waals surface area contributed by atoms with Crippen LogP contribution in [0.2, 0.25) is 0 Å². The van der Waals surface area contributed by atoms with Gasteiger partial charge in [-0.2, -0.15) is 5.10 Å². The van der Waals surface area contributed by atoms with Crippen LogP contribution in [0.5, 0.6) is 0 Å². The number of nitrogens with one attached hydrogen (secondary N) is 1. The van der Waals surface area contributed by atoms with Crippen LogP contribution in [-0.4, -0.2) is 47.4 Å². The number of rotatable bonds is 5. The molecule has 3 unspecified atom stereocenters. The summed E-state index contributed by atoms with van der Waals surface area (Å²) in [7, 11) is 8.57. The molecule has 0 bridgehead atoms. The lowest BCUT2D eigenvalue weighted by atomic mass is 9.70. The Bertz CT molecular complexity index is 426. The fourth-order valence-corrected chi connectivity index (χ4v) is 3.97. The molecule has 0 amide bonds. The highest BCUT2D eigenvalue weighted by Gasteiger charge is 2.42. The van der Waals surface area contributed by atoms with E-state index in [2.05, 4.69) is 49.6 Å². The van der Waals surface area contributed by atoms with Crippen molar-refractivity contribution in [3.8, 4) is 0 Å². The largest absolute Gasteiger partial charge is 0.315 e. The first-order valence-electron chi connectivity index (χ1n) is 7.80. The molecule has 1 aromatic heterocycles. The number of nitrogens with zero attached hydrogens (tertiary/aromatic N) is 3. The first-order valence-corrected chi connectivity index (χ1v) is 7.80. The summed E-state index contributed by atoms with van der Waals surface area (Å²) in [6.45, 7) is 2.40. The summed E-state index contributed by atoms with van der Waals surface area (Å²) in [5.74, 6) is 0.816. The molecule has 0 aromatic carbocycles. The molecule has 0 spiro atoms. The van der Waals surface area contributed by atoms with Crippen molar-refractivity contribution >= 4 is 0 Å². The maximum atomic E-state index is 4.31. The van der Waals surface area contributed by atoms with Gasteiger partial charge in [0.15, 0.2) is 0 Å². The zero-order valence-electron chi connectivity index (χ0n) is 13.7. The lowest BCUT2D eigenvalue weighted by Crippen LogP contribution is -2.61. The van der Waals surface area contributed by atoms with Gasteiger partial charge in [-0.15, -0.1) is 0 Å². The zero-order valence-corrected chi connectivity index (χ0v) is 13.7. The highest BCUT2D eigenvalue weighted by atomic mass is 15.2. The second-order valence-corrected chi connectivity index (χ2v) is 6.77. The molecule has 0 radical (unpaired) electrons. The quantitative estimate of drug-likeness (QED) is 0.895. The number of hydrogen-bond donors (Lipinski definition) is 1. The van der Waals surface area contributed by atoms with Crippen LogP contribution in [0.25, 0.3) is 0 Å². The van der Waals surface area contributed by atoms with Crippen LogP contribution < -0.4 is 5.32 Å². The summed E-state index contributed by atoms with van der Waals surface area (Å²) in [5, 5.41) is 7.90. The minimum absolute atomic E-state index is 0.266. The van der Waals surface area contributed by atoms with E-state index in [1.54, 1.807) is 0 Å². The molecule has 1 aliphatic carbocycles. The van der Waals surface area contributed by atoms with E-state index >= 15 is 0 Å². The van der Waals surface area contributed by atoms with E-state index in [0.717, 1.165) is 12.3 Å². The molecule has 4 heteroatoms. The van der Waals surface area contributed by atoms with Crippen molar-refractivity contribution in [2.45, 2.75) is 50.6 Å². The molecule has 4 nitrogen and oxygen atoms in total. The van der Waals surface area contributed by atoms with Gasteiger partial charge in [0.05, 0.1) is 6.20 Å². The molecule has 1 saturated carbocycles. The Morgan fingerprint density at radius 3 is 2.80 bits per heavy atom. The maximum absolute atomic E-state index is 4.31. The van der Waals surface area contributed by atoms with Gasteiger partial charge in [-0.1, -0.05) is 19.8 Å². The summed E-state index contributed by atoms with van der Waals surface area (Å²) in [6, 6.07) is 0.476. The number of likely N-dealkylation sites (N-methyl/N-ethyl adjacent to an activating group) is 2. The molecule has 1 heterocycles. The SMILES string of the molecule is CNC(Cc1cnn(C)c1)C1(N(C)C)CCCC(C)C1. The van der Waals surface area contributed by atoms with Crippen LogP contribution in [0, 0.1) is 5.92 Å². The fraction of sp³-hybridized carbons (Fsp3) is 0.812. The third-order valence-corrected chi connectivity index (χ3v) is 5.09. The van der Waals surface area contributed by atoms with Crippen molar-refractivity contribution < 1.29 is 0 Å². The predicted molar refractivity (Wildman–Crippen MR) is 83.8 cm³/mol. The molecule has 3 atom stereocenters. The number of aryl methyl sites for hydroxylation is 1. The average molecular weight is 278 g/mol. The monoisotopic (exact) mass is 278 g/mol. The molecule has 0 saturated heterocycles. The van der Waals surface area contributed by atoms with Gasteiger partial charge in [0, 0.05) is 24.8 Å². The van der Waals surface area contributed by atoms with E-state index in [9.17, 15) is 0 Å². The van der Waals surface area contributed by atoms with Crippen molar-refractivity contribution in [1.29, 1.82) is 0 Å². The van der Waals surface area contributed by atoms with Gasteiger partial charge < -0.3 is 10.2 Å². The molecule has 2 rings (SSSR count). The average Bonchev–Trinajstić information content (AvgIpc) is 2.81. The molecule has 114 valence electrons. The highest BCUT2D eigenvalue weighted by Crippen LogP contribution is 2.39. The standard InChI is InChI=1S/C16H30N4/c1-13-7-6-8-16(10-13,19(3)4)15(17-2)9-14-11-18-20(5)12-14/h11-13,15,17H,6-10H2,1-5H3. The summed E-state index contributed by atoms with van der Waals surface area (Å²) in [5.41, 5.74) is 1.59. The van der Waals surface area contributed by atoms with E-state index in [1.165, 1.54) is 31.2 Å². The normalized spacial score (nSPS) is 28.8. The Hall–Kier alpha value is -0.870. The Labute approximate surface area is 123 Å². The third kappa shape index (κ3) is 3.07. The van der Waals surface area contributed by atoms with Crippen LogP contribution in [0.15, 0.2) is 12.4 Å².